The highest BCUT2D eigenvalue weighted by atomic mass is 19.1. The number of nitrogens with zero attached hydrogens (tertiary/aromatic N) is 2. The summed E-state index contributed by atoms with van der Waals surface area (Å²) in [4.78, 5) is 40.1. The van der Waals surface area contributed by atoms with Crippen LogP contribution in [0.15, 0.2) is 24.3 Å². The first kappa shape index (κ1) is 18.3. The Morgan fingerprint density at radius 1 is 1.38 bits per heavy atom. The summed E-state index contributed by atoms with van der Waals surface area (Å²) >= 11 is 0. The molecule has 8 heteroatoms. The van der Waals surface area contributed by atoms with E-state index in [9.17, 15) is 18.8 Å². The van der Waals surface area contributed by atoms with Gasteiger partial charge in [-0.15, -0.1) is 0 Å². The van der Waals surface area contributed by atoms with Gasteiger partial charge in [0, 0.05) is 18.7 Å². The van der Waals surface area contributed by atoms with Crippen LogP contribution < -0.4 is 5.32 Å². The van der Waals surface area contributed by atoms with Gasteiger partial charge in [0.25, 0.3) is 5.91 Å². The molecule has 140 valence electrons. The van der Waals surface area contributed by atoms with Crippen molar-refractivity contribution < 1.29 is 23.5 Å². The van der Waals surface area contributed by atoms with Crippen LogP contribution in [0.4, 0.5) is 9.18 Å². The summed E-state index contributed by atoms with van der Waals surface area (Å²) < 4.78 is 19.7. The number of rotatable bonds is 4. The molecule has 0 radical (unpaired) electrons. The molecule has 7 nitrogen and oxygen atoms in total. The lowest BCUT2D eigenvalue weighted by Gasteiger charge is -2.33. The molecule has 0 aliphatic carbocycles. The van der Waals surface area contributed by atoms with Gasteiger partial charge in [-0.05, 0) is 19.4 Å². The molecule has 0 bridgehead atoms. The summed E-state index contributed by atoms with van der Waals surface area (Å²) in [6.45, 7) is 4.32. The molecule has 2 heterocycles. The van der Waals surface area contributed by atoms with Gasteiger partial charge in [-0.25, -0.2) is 9.18 Å². The maximum absolute atomic E-state index is 14.1. The van der Waals surface area contributed by atoms with Crippen molar-refractivity contribution in [2.45, 2.75) is 31.9 Å². The zero-order chi connectivity index (χ0) is 18.9. The Morgan fingerprint density at radius 3 is 2.81 bits per heavy atom. The van der Waals surface area contributed by atoms with Gasteiger partial charge in [-0.3, -0.25) is 14.5 Å². The Morgan fingerprint density at radius 2 is 2.12 bits per heavy atom. The molecule has 26 heavy (non-hydrogen) atoms. The maximum Gasteiger partial charge on any atom is 0.325 e. The van der Waals surface area contributed by atoms with Crippen molar-refractivity contribution in [2.75, 3.05) is 26.2 Å². The van der Waals surface area contributed by atoms with Crippen molar-refractivity contribution in [1.82, 2.24) is 15.1 Å². The van der Waals surface area contributed by atoms with Crippen molar-refractivity contribution in [3.63, 3.8) is 0 Å². The highest BCUT2D eigenvalue weighted by Crippen LogP contribution is 2.30. The van der Waals surface area contributed by atoms with Gasteiger partial charge < -0.3 is 15.0 Å². The van der Waals surface area contributed by atoms with Crippen LogP contribution in [0.2, 0.25) is 0 Å². The standard InChI is InChI=1S/C18H22FN3O4/c1-3-12-10-21(8-9-26-12)15(23)11-22-16(24)18(2,20-17(22)25)13-6-4-5-7-14(13)19/h4-7,12H,3,8-11H2,1-2H3,(H,20,25). The van der Waals surface area contributed by atoms with Crippen LogP contribution in [0.25, 0.3) is 0 Å². The predicted molar refractivity (Wildman–Crippen MR) is 90.6 cm³/mol. The second-order valence-corrected chi connectivity index (χ2v) is 6.67. The van der Waals surface area contributed by atoms with Gasteiger partial charge in [0.1, 0.15) is 17.9 Å². The zero-order valence-electron chi connectivity index (χ0n) is 14.8. The van der Waals surface area contributed by atoms with E-state index in [2.05, 4.69) is 5.32 Å². The molecule has 2 unspecified atom stereocenters. The van der Waals surface area contributed by atoms with Gasteiger partial charge in [0.15, 0.2) is 0 Å². The molecular weight excluding hydrogens is 341 g/mol. The number of carbonyl (C=O) groups is 3. The van der Waals surface area contributed by atoms with E-state index >= 15 is 0 Å². The third kappa shape index (κ3) is 3.16. The monoisotopic (exact) mass is 363 g/mol. The average Bonchev–Trinajstić information content (AvgIpc) is 2.86. The molecule has 3 rings (SSSR count). The first-order valence-electron chi connectivity index (χ1n) is 8.65. The molecule has 2 saturated heterocycles. The lowest BCUT2D eigenvalue weighted by atomic mass is 9.91. The number of nitrogens with one attached hydrogen (secondary N) is 1. The Kier molecular flexibility index (Phi) is 4.95. The summed E-state index contributed by atoms with van der Waals surface area (Å²) in [6, 6.07) is 5.08. The molecule has 0 aromatic heterocycles. The summed E-state index contributed by atoms with van der Waals surface area (Å²) in [5.41, 5.74) is -1.45. The Bertz CT molecular complexity index is 741. The molecule has 2 fully saturated rings. The minimum Gasteiger partial charge on any atom is -0.375 e. The predicted octanol–water partition coefficient (Wildman–Crippen LogP) is 1.23. The van der Waals surface area contributed by atoms with E-state index in [1.54, 1.807) is 11.0 Å². The van der Waals surface area contributed by atoms with Crippen molar-refractivity contribution in [3.05, 3.63) is 35.6 Å². The van der Waals surface area contributed by atoms with Gasteiger partial charge in [-0.2, -0.15) is 0 Å². The largest absolute Gasteiger partial charge is 0.375 e. The number of ether oxygens (including phenoxy) is 1. The van der Waals surface area contributed by atoms with Crippen LogP contribution in [-0.2, 0) is 19.9 Å². The second kappa shape index (κ2) is 7.03. The summed E-state index contributed by atoms with van der Waals surface area (Å²) in [5, 5.41) is 2.52. The molecule has 0 spiro atoms. The minimum atomic E-state index is -1.53. The smallest absolute Gasteiger partial charge is 0.325 e. The van der Waals surface area contributed by atoms with Crippen LogP contribution in [0.3, 0.4) is 0 Å². The molecule has 4 amide bonds. The average molecular weight is 363 g/mol. The topological polar surface area (TPSA) is 79.0 Å². The number of carbonyl (C=O) groups excluding carboxylic acids is 3. The lowest BCUT2D eigenvalue weighted by Crippen LogP contribution is -2.50. The SMILES string of the molecule is CCC1CN(C(=O)CN2C(=O)NC(C)(c3ccccc3F)C2=O)CCO1. The molecule has 2 aliphatic heterocycles. The number of urea groups is 1. The summed E-state index contributed by atoms with van der Waals surface area (Å²) in [6.07, 6.45) is 0.734. The van der Waals surface area contributed by atoms with Crippen molar-refractivity contribution >= 4 is 17.8 Å². The van der Waals surface area contributed by atoms with E-state index < -0.39 is 23.3 Å². The number of imide groups is 1. The number of morpholine rings is 1. The minimum absolute atomic E-state index is 0.0421. The highest BCUT2D eigenvalue weighted by molar-refractivity contribution is 6.09. The third-order valence-corrected chi connectivity index (χ3v) is 4.93. The van der Waals surface area contributed by atoms with Crippen LogP contribution in [-0.4, -0.2) is 60.0 Å². The normalized spacial score (nSPS) is 26.2. The fourth-order valence-corrected chi connectivity index (χ4v) is 3.32. The van der Waals surface area contributed by atoms with Crippen LogP contribution >= 0.6 is 0 Å². The Labute approximate surface area is 151 Å². The molecule has 1 aromatic carbocycles. The fraction of sp³-hybridized carbons (Fsp3) is 0.500. The highest BCUT2D eigenvalue weighted by Gasteiger charge is 2.50. The number of halogens is 1. The van der Waals surface area contributed by atoms with Crippen molar-refractivity contribution in [2.24, 2.45) is 0 Å². The molecule has 1 aromatic rings. The number of benzene rings is 1. The maximum atomic E-state index is 14.1. The van der Waals surface area contributed by atoms with E-state index in [1.807, 2.05) is 6.92 Å². The molecular formula is C18H22FN3O4. The Balaban J connectivity index is 1.75. The molecule has 2 atom stereocenters. The first-order chi connectivity index (χ1) is 12.4. The van der Waals surface area contributed by atoms with Gasteiger partial charge >= 0.3 is 6.03 Å². The summed E-state index contributed by atoms with van der Waals surface area (Å²) in [7, 11) is 0. The molecule has 2 aliphatic rings. The number of amides is 4. The molecule has 0 saturated carbocycles. The summed E-state index contributed by atoms with van der Waals surface area (Å²) in [5.74, 6) is -1.55. The van der Waals surface area contributed by atoms with E-state index in [0.29, 0.717) is 19.7 Å². The fourth-order valence-electron chi connectivity index (χ4n) is 3.32. The van der Waals surface area contributed by atoms with Gasteiger partial charge in [0.05, 0.1) is 12.7 Å². The van der Waals surface area contributed by atoms with Crippen LogP contribution in [0, 0.1) is 5.82 Å². The number of hydrogen-bond donors (Lipinski definition) is 1. The zero-order valence-corrected chi connectivity index (χ0v) is 14.8. The van der Waals surface area contributed by atoms with Crippen molar-refractivity contribution in [3.8, 4) is 0 Å². The van der Waals surface area contributed by atoms with Crippen LogP contribution in [0.1, 0.15) is 25.8 Å². The van der Waals surface area contributed by atoms with Gasteiger partial charge in [-0.1, -0.05) is 25.1 Å². The lowest BCUT2D eigenvalue weighted by molar-refractivity contribution is -0.143. The quantitative estimate of drug-likeness (QED) is 0.816. The first-order valence-corrected chi connectivity index (χ1v) is 8.65. The van der Waals surface area contributed by atoms with E-state index in [-0.39, 0.29) is 24.1 Å². The van der Waals surface area contributed by atoms with E-state index in [0.717, 1.165) is 11.3 Å². The van der Waals surface area contributed by atoms with E-state index in [1.165, 1.54) is 25.1 Å². The van der Waals surface area contributed by atoms with E-state index in [4.69, 9.17) is 4.74 Å². The van der Waals surface area contributed by atoms with Crippen molar-refractivity contribution in [1.29, 1.82) is 0 Å². The van der Waals surface area contributed by atoms with Crippen LogP contribution in [0.5, 0.6) is 0 Å². The third-order valence-electron chi connectivity index (χ3n) is 4.93. The second-order valence-electron chi connectivity index (χ2n) is 6.67. The number of hydrogen-bond acceptors (Lipinski definition) is 4. The molecule has 1 N–H and O–H groups in total. The van der Waals surface area contributed by atoms with Gasteiger partial charge in [0.2, 0.25) is 5.91 Å². The Hall–Kier alpha value is -2.48.